The minimum atomic E-state index is -1.09. The van der Waals surface area contributed by atoms with Gasteiger partial charge >= 0.3 is 6.09 Å². The van der Waals surface area contributed by atoms with Gasteiger partial charge in [0.05, 0.1) is 0 Å². The molecule has 0 fully saturated rings. The molecule has 208 valence electrons. The van der Waals surface area contributed by atoms with Crippen LogP contribution in [0.5, 0.6) is 0 Å². The fourth-order valence-electron chi connectivity index (χ4n) is 3.89. The van der Waals surface area contributed by atoms with Crippen molar-refractivity contribution in [3.05, 3.63) is 34.9 Å². The van der Waals surface area contributed by atoms with E-state index in [1.165, 1.54) is 4.90 Å². The molecule has 9 nitrogen and oxygen atoms in total. The Bertz CT molecular complexity index is 926. The van der Waals surface area contributed by atoms with Crippen LogP contribution < -0.4 is 16.4 Å². The standard InChI is InChI=1S/C28H46N4O5/c1-8-10-17-30-25(34)24(21-14-12-13-19(3)20(21)4)32(18-11-9-2)26(35)22(15-16-23(29)33)31-27(36)37-28(5,6)7/h12-14,22,24H,8-11,15-18H2,1-7H3,(H2,29,33)(H,30,34)(H,31,36). The van der Waals surface area contributed by atoms with E-state index in [0.29, 0.717) is 19.5 Å². The first kappa shape index (κ1) is 31.9. The molecule has 37 heavy (non-hydrogen) atoms. The first-order valence-corrected chi connectivity index (χ1v) is 13.2. The van der Waals surface area contributed by atoms with Crippen molar-refractivity contribution in [1.82, 2.24) is 15.5 Å². The van der Waals surface area contributed by atoms with Crippen molar-refractivity contribution in [3.8, 4) is 0 Å². The highest BCUT2D eigenvalue weighted by Crippen LogP contribution is 2.28. The number of primary amides is 1. The average Bonchev–Trinajstić information content (AvgIpc) is 2.80. The highest BCUT2D eigenvalue weighted by Gasteiger charge is 2.36. The lowest BCUT2D eigenvalue weighted by molar-refractivity contribution is -0.142. The Labute approximate surface area is 221 Å². The Balaban J connectivity index is 3.52. The van der Waals surface area contributed by atoms with Gasteiger partial charge in [0.15, 0.2) is 0 Å². The first-order valence-electron chi connectivity index (χ1n) is 13.2. The third-order valence-corrected chi connectivity index (χ3v) is 6.03. The predicted molar refractivity (Wildman–Crippen MR) is 145 cm³/mol. The summed E-state index contributed by atoms with van der Waals surface area (Å²) in [6.45, 7) is 13.9. The normalized spacial score (nSPS) is 12.8. The molecule has 0 heterocycles. The molecule has 1 aromatic carbocycles. The zero-order valence-corrected chi connectivity index (χ0v) is 23.6. The summed E-state index contributed by atoms with van der Waals surface area (Å²) >= 11 is 0. The number of nitrogens with two attached hydrogens (primary N) is 1. The Kier molecular flexibility index (Phi) is 13.1. The number of hydrogen-bond donors (Lipinski definition) is 3. The molecule has 0 bridgehead atoms. The predicted octanol–water partition coefficient (Wildman–Crippen LogP) is 4.05. The van der Waals surface area contributed by atoms with Gasteiger partial charge in [-0.3, -0.25) is 14.4 Å². The van der Waals surface area contributed by atoms with E-state index in [4.69, 9.17) is 10.5 Å². The first-order chi connectivity index (χ1) is 17.3. The van der Waals surface area contributed by atoms with Crippen molar-refractivity contribution in [2.75, 3.05) is 13.1 Å². The minimum Gasteiger partial charge on any atom is -0.444 e. The average molecular weight is 519 g/mol. The van der Waals surface area contributed by atoms with Gasteiger partial charge in [-0.2, -0.15) is 0 Å². The van der Waals surface area contributed by atoms with Crippen molar-refractivity contribution in [2.45, 2.75) is 105 Å². The number of aryl methyl sites for hydroxylation is 1. The molecular formula is C28H46N4O5. The molecule has 4 amide bonds. The van der Waals surface area contributed by atoms with Crippen LogP contribution in [0.1, 0.15) is 95.9 Å². The smallest absolute Gasteiger partial charge is 0.408 e. The van der Waals surface area contributed by atoms with Crippen molar-refractivity contribution in [3.63, 3.8) is 0 Å². The summed E-state index contributed by atoms with van der Waals surface area (Å²) in [5.41, 5.74) is 7.24. The Morgan fingerprint density at radius 1 is 1.05 bits per heavy atom. The van der Waals surface area contributed by atoms with Crippen molar-refractivity contribution >= 4 is 23.8 Å². The van der Waals surface area contributed by atoms with Crippen LogP contribution in [0.2, 0.25) is 0 Å². The number of nitrogens with zero attached hydrogens (tertiary/aromatic N) is 1. The highest BCUT2D eigenvalue weighted by molar-refractivity contribution is 5.92. The second kappa shape index (κ2) is 15.2. The molecule has 1 rings (SSSR count). The quantitative estimate of drug-likeness (QED) is 0.320. The van der Waals surface area contributed by atoms with Crippen LogP contribution >= 0.6 is 0 Å². The maximum atomic E-state index is 14.0. The Morgan fingerprint density at radius 3 is 2.27 bits per heavy atom. The molecule has 0 aliphatic heterocycles. The maximum Gasteiger partial charge on any atom is 0.408 e. The SMILES string of the molecule is CCCCNC(=O)C(c1cccc(C)c1C)N(CCCC)C(=O)C(CCC(N)=O)NC(=O)OC(C)(C)C. The van der Waals surface area contributed by atoms with Gasteiger partial charge in [0, 0.05) is 19.5 Å². The molecular weight excluding hydrogens is 472 g/mol. The minimum absolute atomic E-state index is 0.00694. The molecule has 2 unspecified atom stereocenters. The third kappa shape index (κ3) is 10.8. The molecule has 0 saturated carbocycles. The number of amides is 4. The number of alkyl carbamates (subject to hydrolysis) is 1. The van der Waals surface area contributed by atoms with E-state index in [1.807, 2.05) is 45.9 Å². The van der Waals surface area contributed by atoms with Gasteiger partial charge in [0.1, 0.15) is 17.7 Å². The summed E-state index contributed by atoms with van der Waals surface area (Å²) in [5, 5.41) is 5.60. The Morgan fingerprint density at radius 2 is 1.70 bits per heavy atom. The molecule has 4 N–H and O–H groups in total. The van der Waals surface area contributed by atoms with Crippen LogP contribution in [0.4, 0.5) is 4.79 Å². The summed E-state index contributed by atoms with van der Waals surface area (Å²) in [6.07, 6.45) is 2.30. The van der Waals surface area contributed by atoms with E-state index >= 15 is 0 Å². The lowest BCUT2D eigenvalue weighted by Gasteiger charge is -2.35. The zero-order valence-electron chi connectivity index (χ0n) is 23.6. The number of hydrogen-bond acceptors (Lipinski definition) is 5. The number of carbonyl (C=O) groups is 4. The van der Waals surface area contributed by atoms with Gasteiger partial charge in [-0.15, -0.1) is 0 Å². The largest absolute Gasteiger partial charge is 0.444 e. The molecule has 2 atom stereocenters. The second-order valence-corrected chi connectivity index (χ2v) is 10.4. The summed E-state index contributed by atoms with van der Waals surface area (Å²) in [7, 11) is 0. The number of nitrogens with one attached hydrogen (secondary N) is 2. The number of unbranched alkanes of at least 4 members (excludes halogenated alkanes) is 2. The van der Waals surface area contributed by atoms with Gasteiger partial charge in [0.2, 0.25) is 17.7 Å². The number of rotatable bonds is 14. The van der Waals surface area contributed by atoms with E-state index in [1.54, 1.807) is 20.8 Å². The van der Waals surface area contributed by atoms with E-state index in [2.05, 4.69) is 10.6 Å². The lowest BCUT2D eigenvalue weighted by Crippen LogP contribution is -2.53. The summed E-state index contributed by atoms with van der Waals surface area (Å²) < 4.78 is 5.36. The molecule has 0 spiro atoms. The van der Waals surface area contributed by atoms with Gasteiger partial charge in [-0.1, -0.05) is 44.9 Å². The molecule has 0 aliphatic rings. The number of carbonyl (C=O) groups excluding carboxylic acids is 4. The second-order valence-electron chi connectivity index (χ2n) is 10.4. The molecule has 0 saturated heterocycles. The fraction of sp³-hybridized carbons (Fsp3) is 0.643. The van der Waals surface area contributed by atoms with Gasteiger partial charge < -0.3 is 26.0 Å². The number of ether oxygens (including phenoxy) is 1. The van der Waals surface area contributed by atoms with Crippen LogP contribution in [-0.2, 0) is 19.1 Å². The van der Waals surface area contributed by atoms with Gasteiger partial charge in [-0.25, -0.2) is 4.79 Å². The van der Waals surface area contributed by atoms with Crippen LogP contribution in [0.15, 0.2) is 18.2 Å². The van der Waals surface area contributed by atoms with E-state index < -0.39 is 35.6 Å². The van der Waals surface area contributed by atoms with Crippen molar-refractivity contribution < 1.29 is 23.9 Å². The zero-order chi connectivity index (χ0) is 28.2. The van der Waals surface area contributed by atoms with Crippen LogP contribution in [0, 0.1) is 13.8 Å². The number of benzene rings is 1. The molecule has 0 radical (unpaired) electrons. The topological polar surface area (TPSA) is 131 Å². The van der Waals surface area contributed by atoms with Crippen LogP contribution in [-0.4, -0.2) is 53.4 Å². The van der Waals surface area contributed by atoms with Crippen molar-refractivity contribution in [1.29, 1.82) is 0 Å². The summed E-state index contributed by atoms with van der Waals surface area (Å²) in [5.74, 6) is -1.33. The van der Waals surface area contributed by atoms with Gasteiger partial charge in [-0.05, 0) is 70.6 Å². The highest BCUT2D eigenvalue weighted by atomic mass is 16.6. The monoisotopic (exact) mass is 518 g/mol. The van der Waals surface area contributed by atoms with E-state index in [9.17, 15) is 19.2 Å². The van der Waals surface area contributed by atoms with E-state index in [-0.39, 0.29) is 18.7 Å². The van der Waals surface area contributed by atoms with Crippen LogP contribution in [0.3, 0.4) is 0 Å². The molecule has 0 aromatic heterocycles. The third-order valence-electron chi connectivity index (χ3n) is 6.03. The van der Waals surface area contributed by atoms with Gasteiger partial charge in [0.25, 0.3) is 0 Å². The summed E-state index contributed by atoms with van der Waals surface area (Å²) in [4.78, 5) is 53.3. The summed E-state index contributed by atoms with van der Waals surface area (Å²) in [6, 6.07) is 3.71. The Hall–Kier alpha value is -3.10. The van der Waals surface area contributed by atoms with Crippen molar-refractivity contribution in [2.24, 2.45) is 5.73 Å². The fourth-order valence-corrected chi connectivity index (χ4v) is 3.89. The molecule has 0 aliphatic carbocycles. The molecule has 9 heteroatoms. The van der Waals surface area contributed by atoms with Crippen LogP contribution in [0.25, 0.3) is 0 Å². The molecule has 1 aromatic rings. The lowest BCUT2D eigenvalue weighted by atomic mass is 9.94. The van der Waals surface area contributed by atoms with E-state index in [0.717, 1.165) is 36.0 Å². The maximum absolute atomic E-state index is 14.0.